The van der Waals surface area contributed by atoms with Gasteiger partial charge >= 0.3 is 0 Å². The van der Waals surface area contributed by atoms with Gasteiger partial charge in [-0.2, -0.15) is 0 Å². The van der Waals surface area contributed by atoms with Gasteiger partial charge in [0.15, 0.2) is 0 Å². The monoisotopic (exact) mass is 756 g/mol. The van der Waals surface area contributed by atoms with Crippen LogP contribution in [0.5, 0.6) is 0 Å². The lowest BCUT2D eigenvalue weighted by Gasteiger charge is -2.27. The van der Waals surface area contributed by atoms with E-state index in [1.165, 1.54) is 5.39 Å². The molecule has 0 atom stereocenters. The molecule has 12 aromatic rings. The summed E-state index contributed by atoms with van der Waals surface area (Å²) in [6, 6.07) is 64.6. The minimum Gasteiger partial charge on any atom is -0.455 e. The Kier molecular flexibility index (Phi) is 6.65. The van der Waals surface area contributed by atoms with Crippen molar-refractivity contribution in [3.8, 4) is 27.9 Å². The predicted molar refractivity (Wildman–Crippen MR) is 249 cm³/mol. The quantitative estimate of drug-likeness (QED) is 0.168. The molecule has 0 aliphatic rings. The van der Waals surface area contributed by atoms with E-state index >= 15 is 0 Å². The first-order valence-corrected chi connectivity index (χ1v) is 19.9. The molecule has 0 aliphatic heterocycles. The summed E-state index contributed by atoms with van der Waals surface area (Å²) in [6.45, 7) is 0. The van der Waals surface area contributed by atoms with Gasteiger partial charge in [-0.3, -0.25) is 0 Å². The highest BCUT2D eigenvalue weighted by Crippen LogP contribution is 2.45. The SMILES string of the molecule is [2H]c1c([2H])c(N(c2ccc(-c3ccc4ccccc4c3)cc2)c2cccc3oc4c5ccccc5ccc4c23)c([2H])c([2H])c1-c1ccccc1-n1c2ccccc2c2ccccc21. The Hall–Kier alpha value is -7.88. The van der Waals surface area contributed by atoms with Crippen molar-refractivity contribution in [2.24, 2.45) is 0 Å². The molecule has 276 valence electrons. The van der Waals surface area contributed by atoms with Gasteiger partial charge in [-0.25, -0.2) is 0 Å². The zero-order chi connectivity index (χ0) is 42.3. The highest BCUT2D eigenvalue weighted by Gasteiger charge is 2.21. The van der Waals surface area contributed by atoms with E-state index in [4.69, 9.17) is 4.42 Å². The standard InChI is InChI=1S/C56H36N2O/c1-2-14-41-36-42(25-24-37(41)12-1)38-26-31-43(32-27-38)57(53-22-11-23-54-55(53)49-35-30-39-13-3-4-16-46(39)56(49)59-54)44-33-28-40(29-34-44)45-15-5-8-19-50(45)58-51-20-9-6-17-47(51)48-18-7-10-21-52(48)58/h1-36H/i28D,29D,33D,34D. The molecule has 0 unspecified atom stereocenters. The molecule has 12 rings (SSSR count). The molecule has 0 saturated heterocycles. The van der Waals surface area contributed by atoms with Crippen LogP contribution >= 0.6 is 0 Å². The fourth-order valence-corrected chi connectivity index (χ4v) is 8.90. The van der Waals surface area contributed by atoms with E-state index in [2.05, 4.69) is 95.6 Å². The summed E-state index contributed by atoms with van der Waals surface area (Å²) < 4.78 is 48.2. The molecule has 0 spiro atoms. The van der Waals surface area contributed by atoms with Gasteiger partial charge in [-0.1, -0.05) is 152 Å². The van der Waals surface area contributed by atoms with Crippen molar-refractivity contribution in [2.75, 3.05) is 4.90 Å². The van der Waals surface area contributed by atoms with E-state index in [1.54, 1.807) is 0 Å². The lowest BCUT2D eigenvalue weighted by molar-refractivity contribution is 0.672. The van der Waals surface area contributed by atoms with E-state index in [9.17, 15) is 5.48 Å². The van der Waals surface area contributed by atoms with E-state index in [1.807, 2.05) is 108 Å². The molecule has 0 bridgehead atoms. The van der Waals surface area contributed by atoms with E-state index in [0.29, 0.717) is 22.5 Å². The second-order valence-corrected chi connectivity index (χ2v) is 15.0. The van der Waals surface area contributed by atoms with Gasteiger partial charge in [-0.05, 0) is 99.5 Å². The van der Waals surface area contributed by atoms with Crippen LogP contribution in [0.15, 0.2) is 223 Å². The molecular weight excluding hydrogens is 717 g/mol. The molecule has 0 N–H and O–H groups in total. The van der Waals surface area contributed by atoms with Crippen molar-refractivity contribution in [1.82, 2.24) is 4.57 Å². The van der Waals surface area contributed by atoms with Gasteiger partial charge in [-0.15, -0.1) is 0 Å². The van der Waals surface area contributed by atoms with Crippen molar-refractivity contribution in [3.05, 3.63) is 218 Å². The molecule has 0 aliphatic carbocycles. The van der Waals surface area contributed by atoms with Crippen LogP contribution in [-0.4, -0.2) is 4.57 Å². The van der Waals surface area contributed by atoms with E-state index in [0.717, 1.165) is 71.1 Å². The van der Waals surface area contributed by atoms with Gasteiger partial charge in [0.2, 0.25) is 0 Å². The molecule has 59 heavy (non-hydrogen) atoms. The van der Waals surface area contributed by atoms with Crippen LogP contribution in [-0.2, 0) is 0 Å². The average molecular weight is 757 g/mol. The van der Waals surface area contributed by atoms with Gasteiger partial charge in [0.05, 0.1) is 33.3 Å². The average Bonchev–Trinajstić information content (AvgIpc) is 3.89. The third-order valence-corrected chi connectivity index (χ3v) is 11.6. The Bertz CT molecular complexity index is 3730. The summed E-state index contributed by atoms with van der Waals surface area (Å²) in [5.74, 6) is 0. The van der Waals surface area contributed by atoms with Crippen LogP contribution in [0.2, 0.25) is 0 Å². The second-order valence-electron chi connectivity index (χ2n) is 15.0. The van der Waals surface area contributed by atoms with Gasteiger partial charge in [0.1, 0.15) is 11.2 Å². The Morgan fingerprint density at radius 1 is 0.424 bits per heavy atom. The number of furan rings is 1. The molecule has 2 aromatic heterocycles. The number of anilines is 3. The van der Waals surface area contributed by atoms with Crippen molar-refractivity contribution < 1.29 is 9.90 Å². The van der Waals surface area contributed by atoms with Gasteiger partial charge in [0, 0.05) is 38.5 Å². The summed E-state index contributed by atoms with van der Waals surface area (Å²) >= 11 is 0. The van der Waals surface area contributed by atoms with Gasteiger partial charge < -0.3 is 13.9 Å². The Morgan fingerprint density at radius 2 is 1.05 bits per heavy atom. The van der Waals surface area contributed by atoms with Gasteiger partial charge in [0.25, 0.3) is 0 Å². The molecule has 10 aromatic carbocycles. The van der Waals surface area contributed by atoms with E-state index in [-0.39, 0.29) is 35.4 Å². The van der Waals surface area contributed by atoms with Crippen LogP contribution in [0.3, 0.4) is 0 Å². The minimum atomic E-state index is -0.156. The van der Waals surface area contributed by atoms with Crippen molar-refractivity contribution >= 4 is 82.4 Å². The van der Waals surface area contributed by atoms with E-state index < -0.39 is 0 Å². The summed E-state index contributed by atoms with van der Waals surface area (Å²) in [5, 5.41) is 8.25. The molecule has 2 heterocycles. The number of rotatable bonds is 6. The topological polar surface area (TPSA) is 21.3 Å². The van der Waals surface area contributed by atoms with Crippen molar-refractivity contribution in [3.63, 3.8) is 0 Å². The maximum absolute atomic E-state index is 9.89. The maximum Gasteiger partial charge on any atom is 0.143 e. The smallest absolute Gasteiger partial charge is 0.143 e. The first-order chi connectivity index (χ1) is 30.9. The van der Waals surface area contributed by atoms with Crippen molar-refractivity contribution in [2.45, 2.75) is 0 Å². The molecule has 0 radical (unpaired) electrons. The zero-order valence-corrected chi connectivity index (χ0v) is 31.8. The number of hydrogen-bond acceptors (Lipinski definition) is 2. The first-order valence-electron chi connectivity index (χ1n) is 21.9. The number of aromatic nitrogens is 1. The summed E-state index contributed by atoms with van der Waals surface area (Å²) in [4.78, 5) is 1.88. The summed E-state index contributed by atoms with van der Waals surface area (Å²) in [5.41, 5.74) is 8.58. The van der Waals surface area contributed by atoms with Crippen molar-refractivity contribution in [1.29, 1.82) is 0 Å². The Morgan fingerprint density at radius 3 is 1.83 bits per heavy atom. The van der Waals surface area contributed by atoms with Crippen LogP contribution < -0.4 is 4.90 Å². The highest BCUT2D eigenvalue weighted by atomic mass is 16.3. The predicted octanol–water partition coefficient (Wildman–Crippen LogP) is 15.8. The third kappa shape index (κ3) is 5.36. The molecule has 0 fully saturated rings. The number of nitrogens with zero attached hydrogens (tertiary/aromatic N) is 2. The fourth-order valence-electron chi connectivity index (χ4n) is 8.90. The number of hydrogen-bond donors (Lipinski definition) is 0. The lowest BCUT2D eigenvalue weighted by atomic mass is 10.00. The summed E-state index contributed by atoms with van der Waals surface area (Å²) in [6.07, 6.45) is 0. The van der Waals surface area contributed by atoms with Crippen LogP contribution in [0.1, 0.15) is 5.48 Å². The summed E-state index contributed by atoms with van der Waals surface area (Å²) in [7, 11) is 0. The lowest BCUT2D eigenvalue weighted by Crippen LogP contribution is -2.10. The molecule has 0 amide bonds. The van der Waals surface area contributed by atoms with Crippen LogP contribution in [0, 0.1) is 0 Å². The Labute approximate surface area is 346 Å². The Balaban J connectivity index is 1.09. The maximum atomic E-state index is 9.89. The molecule has 3 heteroatoms. The number of para-hydroxylation sites is 3. The highest BCUT2D eigenvalue weighted by molar-refractivity contribution is 6.19. The molecule has 3 nitrogen and oxygen atoms in total. The fraction of sp³-hybridized carbons (Fsp3) is 0. The van der Waals surface area contributed by atoms with Crippen LogP contribution in [0.4, 0.5) is 17.1 Å². The molecular formula is C56H36N2O. The normalized spacial score (nSPS) is 12.7. The van der Waals surface area contributed by atoms with Crippen LogP contribution in [0.25, 0.3) is 93.2 Å². The number of benzene rings is 10. The minimum absolute atomic E-state index is 0.132. The number of fused-ring (bicyclic) bond motifs is 9. The molecule has 0 saturated carbocycles. The largest absolute Gasteiger partial charge is 0.455 e. The second kappa shape index (κ2) is 13.4. The zero-order valence-electron chi connectivity index (χ0n) is 35.8. The first kappa shape index (κ1) is 29.4. The third-order valence-electron chi connectivity index (χ3n) is 11.6.